The van der Waals surface area contributed by atoms with Crippen LogP contribution >= 0.6 is 0 Å². The van der Waals surface area contributed by atoms with Crippen LogP contribution in [0, 0.1) is 17.3 Å². The molecule has 0 aromatic carbocycles. The molecule has 0 bridgehead atoms. The summed E-state index contributed by atoms with van der Waals surface area (Å²) in [6.45, 7) is 1.55. The third kappa shape index (κ3) is 1.22. The molecule has 4 heteroatoms. The third-order valence-electron chi connectivity index (χ3n) is 2.61. The van der Waals surface area contributed by atoms with E-state index >= 15 is 0 Å². The van der Waals surface area contributed by atoms with Gasteiger partial charge < -0.3 is 10.4 Å². The number of nitrogens with zero attached hydrogens (tertiary/aromatic N) is 2. The minimum Gasteiger partial charge on any atom is -0.614 e. The summed E-state index contributed by atoms with van der Waals surface area (Å²) in [6, 6.07) is 0. The lowest BCUT2D eigenvalue weighted by molar-refractivity contribution is -0.760. The van der Waals surface area contributed by atoms with Gasteiger partial charge in [-0.05, 0) is 19.3 Å². The van der Waals surface area contributed by atoms with Gasteiger partial charge in [-0.2, -0.15) is 0 Å². The van der Waals surface area contributed by atoms with Gasteiger partial charge in [-0.1, -0.05) is 0 Å². The van der Waals surface area contributed by atoms with E-state index < -0.39 is 0 Å². The first-order valence-corrected chi connectivity index (χ1v) is 4.54. The molecule has 0 atom stereocenters. The van der Waals surface area contributed by atoms with Crippen molar-refractivity contribution < 1.29 is 9.46 Å². The Labute approximate surface area is 76.6 Å². The zero-order valence-electron chi connectivity index (χ0n) is 7.62. The Morgan fingerprint density at radius 1 is 1.23 bits per heavy atom. The predicted octanol–water partition coefficient (Wildman–Crippen LogP) is 0.141. The molecule has 1 aliphatic rings. The van der Waals surface area contributed by atoms with Gasteiger partial charge in [0, 0.05) is 6.42 Å². The summed E-state index contributed by atoms with van der Waals surface area (Å²) in [7, 11) is 0. The highest BCUT2D eigenvalue weighted by atomic mass is 16.5. The number of fused-ring (bicyclic) bond motifs is 1. The molecule has 0 N–H and O–H groups in total. The van der Waals surface area contributed by atoms with E-state index in [1.807, 2.05) is 0 Å². The molecule has 1 aliphatic carbocycles. The number of hydrogen-bond donors (Lipinski definition) is 0. The molecule has 0 fully saturated rings. The fraction of sp³-hybridized carbons (Fsp3) is 0.556. The SMILES string of the molecule is Cc1[n+]([O-])cc2c([n+]1[O-])CCCC2. The standard InChI is InChI=1S/C9H12N2O2/c1-7-10(12)6-8-4-2-3-5-9(8)11(7)13/h6H,2-5H2,1H3. The van der Waals surface area contributed by atoms with Crippen LogP contribution in [-0.4, -0.2) is 0 Å². The van der Waals surface area contributed by atoms with E-state index in [-0.39, 0.29) is 5.82 Å². The lowest BCUT2D eigenvalue weighted by atomic mass is 9.97. The van der Waals surface area contributed by atoms with E-state index in [0.717, 1.165) is 41.7 Å². The molecule has 1 heterocycles. The molecule has 0 amide bonds. The summed E-state index contributed by atoms with van der Waals surface area (Å²) in [6.07, 6.45) is 5.34. The largest absolute Gasteiger partial charge is 0.614 e. The van der Waals surface area contributed by atoms with Gasteiger partial charge in [-0.15, -0.1) is 9.46 Å². The second kappa shape index (κ2) is 2.87. The molecule has 0 saturated heterocycles. The van der Waals surface area contributed by atoms with Gasteiger partial charge in [0.2, 0.25) is 5.69 Å². The van der Waals surface area contributed by atoms with Gasteiger partial charge in [0.25, 0.3) is 0 Å². The number of hydrogen-bond acceptors (Lipinski definition) is 2. The molecule has 0 saturated carbocycles. The summed E-state index contributed by atoms with van der Waals surface area (Å²) in [5, 5.41) is 22.7. The monoisotopic (exact) mass is 180 g/mol. The van der Waals surface area contributed by atoms with Crippen LogP contribution in [0.5, 0.6) is 0 Å². The van der Waals surface area contributed by atoms with Crippen LogP contribution in [0.2, 0.25) is 0 Å². The van der Waals surface area contributed by atoms with Gasteiger partial charge in [-0.3, -0.25) is 0 Å². The summed E-state index contributed by atoms with van der Waals surface area (Å²) >= 11 is 0. The fourth-order valence-corrected chi connectivity index (χ4v) is 1.80. The molecule has 1 aromatic heterocycles. The maximum atomic E-state index is 11.5. The summed E-state index contributed by atoms with van der Waals surface area (Å²) in [5.41, 5.74) is 1.71. The Balaban J connectivity index is 2.60. The molecule has 2 rings (SSSR count). The molecule has 4 nitrogen and oxygen atoms in total. The predicted molar refractivity (Wildman–Crippen MR) is 45.7 cm³/mol. The van der Waals surface area contributed by atoms with Gasteiger partial charge in [0.05, 0.1) is 12.5 Å². The lowest BCUT2D eigenvalue weighted by Crippen LogP contribution is -2.50. The molecule has 13 heavy (non-hydrogen) atoms. The first-order valence-electron chi connectivity index (χ1n) is 4.54. The summed E-state index contributed by atoms with van der Waals surface area (Å²) < 4.78 is 1.44. The van der Waals surface area contributed by atoms with Gasteiger partial charge in [0.1, 0.15) is 0 Å². The van der Waals surface area contributed by atoms with Crippen LogP contribution in [-0.2, 0) is 12.8 Å². The van der Waals surface area contributed by atoms with Crippen molar-refractivity contribution in [2.24, 2.45) is 0 Å². The van der Waals surface area contributed by atoms with Crippen LogP contribution in [0.15, 0.2) is 6.20 Å². The fourth-order valence-electron chi connectivity index (χ4n) is 1.80. The molecular weight excluding hydrogens is 168 g/mol. The minimum absolute atomic E-state index is 0.223. The van der Waals surface area contributed by atoms with Crippen molar-refractivity contribution in [2.75, 3.05) is 0 Å². The zero-order chi connectivity index (χ0) is 9.42. The lowest BCUT2D eigenvalue weighted by Gasteiger charge is -2.14. The molecular formula is C9H12N2O2. The maximum absolute atomic E-state index is 11.5. The Hall–Kier alpha value is -1.32. The zero-order valence-corrected chi connectivity index (χ0v) is 7.62. The molecule has 0 radical (unpaired) electrons. The molecule has 0 spiro atoms. The van der Waals surface area contributed by atoms with E-state index in [1.165, 1.54) is 6.20 Å². The van der Waals surface area contributed by atoms with E-state index in [1.54, 1.807) is 6.92 Å². The van der Waals surface area contributed by atoms with E-state index in [2.05, 4.69) is 0 Å². The topological polar surface area (TPSA) is 53.9 Å². The maximum Gasteiger partial charge on any atom is 0.437 e. The van der Waals surface area contributed by atoms with E-state index in [9.17, 15) is 10.4 Å². The third-order valence-corrected chi connectivity index (χ3v) is 2.61. The number of aromatic nitrogens is 2. The van der Waals surface area contributed by atoms with Crippen LogP contribution in [0.1, 0.15) is 29.9 Å². The molecule has 70 valence electrons. The number of aryl methyl sites for hydroxylation is 1. The Kier molecular flexibility index (Phi) is 1.83. The molecule has 0 unspecified atom stereocenters. The molecule has 1 aromatic rings. The Morgan fingerprint density at radius 2 is 1.92 bits per heavy atom. The van der Waals surface area contributed by atoms with Crippen LogP contribution in [0.4, 0.5) is 0 Å². The number of rotatable bonds is 0. The summed E-state index contributed by atoms with van der Waals surface area (Å²) in [5.74, 6) is 0.223. The van der Waals surface area contributed by atoms with Crippen molar-refractivity contribution in [1.82, 2.24) is 0 Å². The van der Waals surface area contributed by atoms with Gasteiger partial charge in [0.15, 0.2) is 6.20 Å². The van der Waals surface area contributed by atoms with Gasteiger partial charge in [-0.25, -0.2) is 0 Å². The molecule has 0 aliphatic heterocycles. The van der Waals surface area contributed by atoms with Crippen molar-refractivity contribution in [3.05, 3.63) is 33.7 Å². The van der Waals surface area contributed by atoms with Crippen molar-refractivity contribution in [3.63, 3.8) is 0 Å². The van der Waals surface area contributed by atoms with Crippen LogP contribution < -0.4 is 9.46 Å². The van der Waals surface area contributed by atoms with Crippen LogP contribution in [0.3, 0.4) is 0 Å². The van der Waals surface area contributed by atoms with E-state index in [0.29, 0.717) is 4.73 Å². The van der Waals surface area contributed by atoms with Crippen molar-refractivity contribution in [1.29, 1.82) is 0 Å². The highest BCUT2D eigenvalue weighted by molar-refractivity contribution is 5.13. The average molecular weight is 180 g/mol. The quantitative estimate of drug-likeness (QED) is 0.421. The van der Waals surface area contributed by atoms with Crippen molar-refractivity contribution in [3.8, 4) is 0 Å². The smallest absolute Gasteiger partial charge is 0.437 e. The normalized spacial score (nSPS) is 15.5. The van der Waals surface area contributed by atoms with Crippen LogP contribution in [0.25, 0.3) is 0 Å². The minimum atomic E-state index is 0.223. The Morgan fingerprint density at radius 3 is 2.69 bits per heavy atom. The van der Waals surface area contributed by atoms with Crippen molar-refractivity contribution in [2.45, 2.75) is 32.6 Å². The Bertz CT molecular complexity index is 350. The van der Waals surface area contributed by atoms with Crippen molar-refractivity contribution >= 4 is 0 Å². The highest BCUT2D eigenvalue weighted by Crippen LogP contribution is 2.16. The first-order chi connectivity index (χ1) is 6.20. The first kappa shape index (κ1) is 8.29. The summed E-state index contributed by atoms with van der Waals surface area (Å²) in [4.78, 5) is 0. The second-order valence-electron chi connectivity index (χ2n) is 3.48. The van der Waals surface area contributed by atoms with Gasteiger partial charge >= 0.3 is 5.82 Å². The average Bonchev–Trinajstić information content (AvgIpc) is 2.15. The van der Waals surface area contributed by atoms with E-state index in [4.69, 9.17) is 0 Å². The second-order valence-corrected chi connectivity index (χ2v) is 3.48. The highest BCUT2D eigenvalue weighted by Gasteiger charge is 2.24.